The summed E-state index contributed by atoms with van der Waals surface area (Å²) >= 11 is 0. The Bertz CT molecular complexity index is 547. The molecule has 0 spiro atoms. The Kier molecular flexibility index (Phi) is 5.01. The third kappa shape index (κ3) is 3.64. The van der Waals surface area contributed by atoms with Crippen molar-refractivity contribution in [2.24, 2.45) is 0 Å². The zero-order valence-electron chi connectivity index (χ0n) is 12.2. The topological polar surface area (TPSA) is 71.8 Å². The molecule has 1 aromatic rings. The van der Waals surface area contributed by atoms with Crippen molar-refractivity contribution in [3.63, 3.8) is 0 Å². The minimum Gasteiger partial charge on any atom is -0.493 e. The largest absolute Gasteiger partial charge is 0.493 e. The van der Waals surface area contributed by atoms with Gasteiger partial charge in [0.2, 0.25) is 0 Å². The summed E-state index contributed by atoms with van der Waals surface area (Å²) in [5.41, 5.74) is 0.478. The molecule has 0 saturated carbocycles. The average molecular weight is 290 g/mol. The van der Waals surface area contributed by atoms with Gasteiger partial charge in [-0.05, 0) is 19.1 Å². The van der Waals surface area contributed by atoms with E-state index in [4.69, 9.17) is 19.5 Å². The minimum absolute atomic E-state index is 0.0790. The van der Waals surface area contributed by atoms with Gasteiger partial charge in [-0.1, -0.05) is 0 Å². The Morgan fingerprint density at radius 3 is 2.71 bits per heavy atom. The first kappa shape index (κ1) is 15.1. The van der Waals surface area contributed by atoms with Crippen LogP contribution in [0.5, 0.6) is 11.5 Å². The van der Waals surface area contributed by atoms with Gasteiger partial charge < -0.3 is 19.1 Å². The summed E-state index contributed by atoms with van der Waals surface area (Å²) in [6.45, 7) is 3.97. The molecule has 1 aliphatic rings. The van der Waals surface area contributed by atoms with E-state index in [-0.39, 0.29) is 5.91 Å². The van der Waals surface area contributed by atoms with E-state index in [1.54, 1.807) is 30.0 Å². The van der Waals surface area contributed by atoms with Crippen molar-refractivity contribution in [2.45, 2.75) is 13.0 Å². The van der Waals surface area contributed by atoms with Gasteiger partial charge in [0.15, 0.2) is 17.6 Å². The molecule has 1 saturated heterocycles. The van der Waals surface area contributed by atoms with Gasteiger partial charge in [0.1, 0.15) is 0 Å². The van der Waals surface area contributed by atoms with Crippen LogP contribution < -0.4 is 9.47 Å². The van der Waals surface area contributed by atoms with Crippen LogP contribution >= 0.6 is 0 Å². The molecule has 1 heterocycles. The zero-order chi connectivity index (χ0) is 15.2. The summed E-state index contributed by atoms with van der Waals surface area (Å²) in [5, 5.41) is 8.87. The number of amides is 1. The number of ether oxygens (including phenoxy) is 3. The van der Waals surface area contributed by atoms with E-state index in [1.165, 1.54) is 7.11 Å². The first-order valence-electron chi connectivity index (χ1n) is 6.77. The second-order valence-electron chi connectivity index (χ2n) is 4.68. The number of nitriles is 1. The molecular formula is C15H18N2O4. The minimum atomic E-state index is -0.620. The SMILES string of the molecule is COc1cc(C#N)ccc1O[C@@H](C)C(=O)N1CCOCC1. The normalized spacial score (nSPS) is 16.0. The number of methoxy groups -OCH3 is 1. The van der Waals surface area contributed by atoms with Crippen molar-refractivity contribution in [3.8, 4) is 17.6 Å². The molecule has 1 aromatic carbocycles. The van der Waals surface area contributed by atoms with Crippen LogP contribution in [0.3, 0.4) is 0 Å². The van der Waals surface area contributed by atoms with Crippen molar-refractivity contribution < 1.29 is 19.0 Å². The third-order valence-corrected chi connectivity index (χ3v) is 3.27. The maximum atomic E-state index is 12.3. The Balaban J connectivity index is 2.06. The highest BCUT2D eigenvalue weighted by Gasteiger charge is 2.24. The average Bonchev–Trinajstić information content (AvgIpc) is 2.55. The highest BCUT2D eigenvalue weighted by Crippen LogP contribution is 2.29. The number of hydrogen-bond donors (Lipinski definition) is 0. The maximum absolute atomic E-state index is 12.3. The fraction of sp³-hybridized carbons (Fsp3) is 0.467. The number of morpholine rings is 1. The second kappa shape index (κ2) is 6.95. The second-order valence-corrected chi connectivity index (χ2v) is 4.68. The molecule has 112 valence electrons. The zero-order valence-corrected chi connectivity index (χ0v) is 12.2. The van der Waals surface area contributed by atoms with E-state index in [9.17, 15) is 4.79 Å². The Labute approximate surface area is 123 Å². The smallest absolute Gasteiger partial charge is 0.263 e. The van der Waals surface area contributed by atoms with Crippen molar-refractivity contribution in [1.82, 2.24) is 4.90 Å². The number of rotatable bonds is 4. The molecule has 0 aromatic heterocycles. The van der Waals surface area contributed by atoms with Gasteiger partial charge in [-0.2, -0.15) is 5.26 Å². The van der Waals surface area contributed by atoms with Crippen molar-refractivity contribution in [1.29, 1.82) is 5.26 Å². The molecule has 6 nitrogen and oxygen atoms in total. The van der Waals surface area contributed by atoms with Crippen molar-refractivity contribution >= 4 is 5.91 Å². The van der Waals surface area contributed by atoms with Crippen molar-refractivity contribution in [3.05, 3.63) is 23.8 Å². The molecule has 1 atom stereocenters. The van der Waals surface area contributed by atoms with E-state index in [1.807, 2.05) is 6.07 Å². The lowest BCUT2D eigenvalue weighted by molar-refractivity contribution is -0.142. The highest BCUT2D eigenvalue weighted by molar-refractivity contribution is 5.81. The van der Waals surface area contributed by atoms with Gasteiger partial charge in [-0.15, -0.1) is 0 Å². The number of benzene rings is 1. The summed E-state index contributed by atoms with van der Waals surface area (Å²) in [6, 6.07) is 6.88. The lowest BCUT2D eigenvalue weighted by Crippen LogP contribution is -2.46. The van der Waals surface area contributed by atoms with Gasteiger partial charge in [0, 0.05) is 19.2 Å². The first-order chi connectivity index (χ1) is 10.2. The number of nitrogens with zero attached hydrogens (tertiary/aromatic N) is 2. The molecule has 0 N–H and O–H groups in total. The standard InChI is InChI=1S/C15H18N2O4/c1-11(15(18)17-5-7-20-8-6-17)21-13-4-3-12(10-16)9-14(13)19-2/h3-4,9,11H,5-8H2,1-2H3/t11-/m0/s1. The van der Waals surface area contributed by atoms with Gasteiger partial charge in [-0.3, -0.25) is 4.79 Å². The van der Waals surface area contributed by atoms with Crippen LogP contribution in [0.2, 0.25) is 0 Å². The van der Waals surface area contributed by atoms with Crippen LogP contribution in [-0.4, -0.2) is 50.3 Å². The van der Waals surface area contributed by atoms with Crippen LogP contribution in [0.15, 0.2) is 18.2 Å². The first-order valence-corrected chi connectivity index (χ1v) is 6.77. The van der Waals surface area contributed by atoms with Gasteiger partial charge in [0.25, 0.3) is 5.91 Å². The molecule has 0 aliphatic carbocycles. The van der Waals surface area contributed by atoms with E-state index in [0.29, 0.717) is 43.4 Å². The molecule has 2 rings (SSSR count). The molecule has 0 unspecified atom stereocenters. The maximum Gasteiger partial charge on any atom is 0.263 e. The number of carbonyl (C=O) groups excluding carboxylic acids is 1. The molecular weight excluding hydrogens is 272 g/mol. The summed E-state index contributed by atoms with van der Waals surface area (Å²) in [6.07, 6.45) is -0.620. The fourth-order valence-corrected chi connectivity index (χ4v) is 2.12. The lowest BCUT2D eigenvalue weighted by atomic mass is 10.2. The summed E-state index contributed by atoms with van der Waals surface area (Å²) in [4.78, 5) is 14.0. The predicted molar refractivity (Wildman–Crippen MR) is 75.2 cm³/mol. The molecule has 0 bridgehead atoms. The summed E-state index contributed by atoms with van der Waals surface area (Å²) in [5.74, 6) is 0.811. The Morgan fingerprint density at radius 2 is 2.10 bits per heavy atom. The third-order valence-electron chi connectivity index (χ3n) is 3.27. The predicted octanol–water partition coefficient (Wildman–Crippen LogP) is 1.19. The van der Waals surface area contributed by atoms with Crippen molar-refractivity contribution in [2.75, 3.05) is 33.4 Å². The van der Waals surface area contributed by atoms with Gasteiger partial charge in [-0.25, -0.2) is 0 Å². The Morgan fingerprint density at radius 1 is 1.38 bits per heavy atom. The number of carbonyl (C=O) groups is 1. The van der Waals surface area contributed by atoms with E-state index >= 15 is 0 Å². The summed E-state index contributed by atoms with van der Waals surface area (Å²) < 4.78 is 16.1. The van der Waals surface area contributed by atoms with Gasteiger partial charge >= 0.3 is 0 Å². The Hall–Kier alpha value is -2.26. The molecule has 1 aliphatic heterocycles. The van der Waals surface area contributed by atoms with Crippen LogP contribution in [0.25, 0.3) is 0 Å². The van der Waals surface area contributed by atoms with E-state index < -0.39 is 6.10 Å². The lowest BCUT2D eigenvalue weighted by Gasteiger charge is -2.29. The molecule has 1 amide bonds. The van der Waals surface area contributed by atoms with Gasteiger partial charge in [0.05, 0.1) is 32.0 Å². The van der Waals surface area contributed by atoms with Crippen LogP contribution in [0.1, 0.15) is 12.5 Å². The summed E-state index contributed by atoms with van der Waals surface area (Å²) in [7, 11) is 1.50. The monoisotopic (exact) mass is 290 g/mol. The van der Waals surface area contributed by atoms with Crippen LogP contribution in [0.4, 0.5) is 0 Å². The van der Waals surface area contributed by atoms with E-state index in [2.05, 4.69) is 0 Å². The highest BCUT2D eigenvalue weighted by atomic mass is 16.5. The van der Waals surface area contributed by atoms with Crippen LogP contribution in [0, 0.1) is 11.3 Å². The van der Waals surface area contributed by atoms with Crippen LogP contribution in [-0.2, 0) is 9.53 Å². The fourth-order valence-electron chi connectivity index (χ4n) is 2.12. The number of hydrogen-bond acceptors (Lipinski definition) is 5. The molecule has 21 heavy (non-hydrogen) atoms. The molecule has 6 heteroatoms. The molecule has 0 radical (unpaired) electrons. The quantitative estimate of drug-likeness (QED) is 0.833. The van der Waals surface area contributed by atoms with E-state index in [0.717, 1.165) is 0 Å². The molecule has 1 fully saturated rings.